The molecule has 1 N–H and O–H groups in total. The molecule has 0 saturated heterocycles. The third kappa shape index (κ3) is 3.60. The molecule has 2 aromatic rings. The molecular formula is C12H7ClF3N3O2. The van der Waals surface area contributed by atoms with E-state index in [1.807, 2.05) is 0 Å². The second-order valence-electron chi connectivity index (χ2n) is 3.96. The van der Waals surface area contributed by atoms with Crippen LogP contribution in [0.1, 0.15) is 5.56 Å². The van der Waals surface area contributed by atoms with Gasteiger partial charge in [-0.25, -0.2) is 4.98 Å². The third-order valence-electron chi connectivity index (χ3n) is 2.49. The maximum atomic E-state index is 12.6. The van der Waals surface area contributed by atoms with Crippen LogP contribution in [0.5, 0.6) is 0 Å². The molecule has 5 nitrogen and oxygen atoms in total. The number of rotatable bonds is 3. The normalized spacial score (nSPS) is 11.2. The number of nitrogens with one attached hydrogen (secondary N) is 1. The van der Waals surface area contributed by atoms with Gasteiger partial charge in [-0.1, -0.05) is 17.7 Å². The van der Waals surface area contributed by atoms with Gasteiger partial charge in [0.05, 0.1) is 10.5 Å². The first-order valence-corrected chi connectivity index (χ1v) is 5.90. The summed E-state index contributed by atoms with van der Waals surface area (Å²) in [5.74, 6) is -0.230. The highest BCUT2D eigenvalue weighted by atomic mass is 35.5. The summed E-state index contributed by atoms with van der Waals surface area (Å²) < 4.78 is 37.8. The van der Waals surface area contributed by atoms with E-state index >= 15 is 0 Å². The fourth-order valence-corrected chi connectivity index (χ4v) is 1.72. The summed E-state index contributed by atoms with van der Waals surface area (Å²) >= 11 is 5.64. The highest BCUT2D eigenvalue weighted by molar-refractivity contribution is 6.29. The van der Waals surface area contributed by atoms with E-state index in [4.69, 9.17) is 11.6 Å². The van der Waals surface area contributed by atoms with Gasteiger partial charge in [-0.15, -0.1) is 0 Å². The topological polar surface area (TPSA) is 68.1 Å². The summed E-state index contributed by atoms with van der Waals surface area (Å²) in [6.45, 7) is 0. The van der Waals surface area contributed by atoms with Gasteiger partial charge in [0.25, 0.3) is 0 Å². The Labute approximate surface area is 121 Å². The van der Waals surface area contributed by atoms with Crippen LogP contribution >= 0.6 is 11.6 Å². The quantitative estimate of drug-likeness (QED) is 0.517. The van der Waals surface area contributed by atoms with Gasteiger partial charge in [0.1, 0.15) is 5.15 Å². The zero-order valence-electron chi connectivity index (χ0n) is 10.2. The molecular weight excluding hydrogens is 311 g/mol. The van der Waals surface area contributed by atoms with Crippen LogP contribution in [0.3, 0.4) is 0 Å². The third-order valence-corrected chi connectivity index (χ3v) is 2.70. The number of nitrogens with zero attached hydrogens (tertiary/aromatic N) is 2. The van der Waals surface area contributed by atoms with E-state index < -0.39 is 22.4 Å². The molecule has 0 radical (unpaired) electrons. The van der Waals surface area contributed by atoms with Gasteiger partial charge in [-0.05, 0) is 24.3 Å². The lowest BCUT2D eigenvalue weighted by atomic mass is 10.2. The van der Waals surface area contributed by atoms with Crippen LogP contribution in [-0.4, -0.2) is 9.91 Å². The highest BCUT2D eigenvalue weighted by Crippen LogP contribution is 2.32. The van der Waals surface area contributed by atoms with Crippen LogP contribution in [0.25, 0.3) is 0 Å². The van der Waals surface area contributed by atoms with Crippen LogP contribution in [0, 0.1) is 10.1 Å². The zero-order chi connectivity index (χ0) is 15.6. The molecule has 1 heterocycles. The molecule has 9 heteroatoms. The van der Waals surface area contributed by atoms with Crippen molar-refractivity contribution in [3.05, 3.63) is 57.2 Å². The van der Waals surface area contributed by atoms with Crippen molar-refractivity contribution in [2.75, 3.05) is 5.32 Å². The maximum absolute atomic E-state index is 12.6. The first-order chi connectivity index (χ1) is 9.77. The molecule has 0 fully saturated rings. The predicted molar refractivity (Wildman–Crippen MR) is 70.6 cm³/mol. The van der Waals surface area contributed by atoms with E-state index in [-0.39, 0.29) is 16.7 Å². The maximum Gasteiger partial charge on any atom is 0.416 e. The van der Waals surface area contributed by atoms with Crippen molar-refractivity contribution in [1.29, 1.82) is 0 Å². The minimum Gasteiger partial charge on any atom is -0.334 e. The SMILES string of the molecule is O=[N+]([O-])c1ccc(Cl)nc1Nc1cccc(C(F)(F)F)c1. The standard InChI is InChI=1S/C12H7ClF3N3O2/c13-10-5-4-9(19(20)21)11(18-10)17-8-3-1-2-7(6-8)12(14,15)16/h1-6H,(H,17,18). The summed E-state index contributed by atoms with van der Waals surface area (Å²) in [6.07, 6.45) is -4.51. The Morgan fingerprint density at radius 1 is 1.24 bits per heavy atom. The van der Waals surface area contributed by atoms with E-state index in [0.717, 1.165) is 18.2 Å². The van der Waals surface area contributed by atoms with Crippen molar-refractivity contribution in [3.63, 3.8) is 0 Å². The Bertz CT molecular complexity index is 692. The molecule has 0 aliphatic rings. The Kier molecular flexibility index (Phi) is 3.99. The Balaban J connectivity index is 2.39. The van der Waals surface area contributed by atoms with Crippen LogP contribution in [0.15, 0.2) is 36.4 Å². The number of pyridine rings is 1. The molecule has 0 aliphatic heterocycles. The van der Waals surface area contributed by atoms with Crippen molar-refractivity contribution >= 4 is 28.8 Å². The molecule has 0 amide bonds. The van der Waals surface area contributed by atoms with Gasteiger partial charge < -0.3 is 5.32 Å². The van der Waals surface area contributed by atoms with Crippen molar-refractivity contribution in [3.8, 4) is 0 Å². The highest BCUT2D eigenvalue weighted by Gasteiger charge is 2.30. The zero-order valence-corrected chi connectivity index (χ0v) is 10.9. The number of hydrogen-bond acceptors (Lipinski definition) is 4. The molecule has 0 saturated carbocycles. The first kappa shape index (κ1) is 15.0. The van der Waals surface area contributed by atoms with E-state index in [1.54, 1.807) is 0 Å². The number of alkyl halides is 3. The second-order valence-corrected chi connectivity index (χ2v) is 4.35. The summed E-state index contributed by atoms with van der Waals surface area (Å²) in [4.78, 5) is 13.9. The smallest absolute Gasteiger partial charge is 0.334 e. The number of hydrogen-bond donors (Lipinski definition) is 1. The molecule has 0 spiro atoms. The molecule has 110 valence electrons. The number of benzene rings is 1. The fraction of sp³-hybridized carbons (Fsp3) is 0.0833. The van der Waals surface area contributed by atoms with E-state index in [9.17, 15) is 23.3 Å². The number of anilines is 2. The van der Waals surface area contributed by atoms with Crippen LogP contribution in [0.4, 0.5) is 30.4 Å². The van der Waals surface area contributed by atoms with Crippen LogP contribution in [-0.2, 0) is 6.18 Å². The van der Waals surface area contributed by atoms with Gasteiger partial charge in [0.2, 0.25) is 5.82 Å². The lowest BCUT2D eigenvalue weighted by Gasteiger charge is -2.10. The van der Waals surface area contributed by atoms with E-state index in [1.165, 1.54) is 18.2 Å². The van der Waals surface area contributed by atoms with Crippen molar-refractivity contribution in [2.24, 2.45) is 0 Å². The Morgan fingerprint density at radius 3 is 2.57 bits per heavy atom. The molecule has 0 bridgehead atoms. The van der Waals surface area contributed by atoms with Gasteiger partial charge in [0, 0.05) is 11.8 Å². The number of aromatic nitrogens is 1. The minimum atomic E-state index is -4.51. The molecule has 0 aliphatic carbocycles. The molecule has 1 aromatic heterocycles. The first-order valence-electron chi connectivity index (χ1n) is 5.52. The van der Waals surface area contributed by atoms with Gasteiger partial charge in [0.15, 0.2) is 0 Å². The summed E-state index contributed by atoms with van der Waals surface area (Å²) in [5.41, 5.74) is -1.25. The lowest BCUT2D eigenvalue weighted by Crippen LogP contribution is -2.06. The summed E-state index contributed by atoms with van der Waals surface area (Å²) in [5, 5.41) is 13.3. The predicted octanol–water partition coefficient (Wildman–Crippen LogP) is 4.41. The van der Waals surface area contributed by atoms with E-state index in [2.05, 4.69) is 10.3 Å². The number of nitro groups is 1. The monoisotopic (exact) mass is 317 g/mol. The van der Waals surface area contributed by atoms with Gasteiger partial charge in [-0.2, -0.15) is 13.2 Å². The minimum absolute atomic E-state index is 0.0164. The molecule has 0 atom stereocenters. The molecule has 1 aromatic carbocycles. The Hall–Kier alpha value is -2.35. The Morgan fingerprint density at radius 2 is 1.95 bits per heavy atom. The summed E-state index contributed by atoms with van der Waals surface area (Å²) in [6, 6.07) is 6.57. The summed E-state index contributed by atoms with van der Waals surface area (Å²) in [7, 11) is 0. The largest absolute Gasteiger partial charge is 0.416 e. The van der Waals surface area contributed by atoms with Crippen molar-refractivity contribution < 1.29 is 18.1 Å². The fourth-order valence-electron chi connectivity index (χ4n) is 1.58. The van der Waals surface area contributed by atoms with E-state index in [0.29, 0.717) is 0 Å². The molecule has 21 heavy (non-hydrogen) atoms. The van der Waals surface area contributed by atoms with Crippen molar-refractivity contribution in [2.45, 2.75) is 6.18 Å². The van der Waals surface area contributed by atoms with Crippen LogP contribution < -0.4 is 5.32 Å². The average molecular weight is 318 g/mol. The lowest BCUT2D eigenvalue weighted by molar-refractivity contribution is -0.384. The van der Waals surface area contributed by atoms with Gasteiger partial charge >= 0.3 is 11.9 Å². The molecule has 0 unspecified atom stereocenters. The molecule has 2 rings (SSSR count). The van der Waals surface area contributed by atoms with Crippen molar-refractivity contribution in [1.82, 2.24) is 4.98 Å². The van der Waals surface area contributed by atoms with Gasteiger partial charge in [-0.3, -0.25) is 10.1 Å². The van der Waals surface area contributed by atoms with Crippen LogP contribution in [0.2, 0.25) is 5.15 Å². The average Bonchev–Trinajstić information content (AvgIpc) is 2.37. The second kappa shape index (κ2) is 5.57. The number of halogens is 4.